The number of carbonyl (C=O) groups excluding carboxylic acids is 1. The van der Waals surface area contributed by atoms with Crippen LogP contribution in [0, 0.1) is 0 Å². The van der Waals surface area contributed by atoms with E-state index in [0.29, 0.717) is 23.7 Å². The zero-order valence-electron chi connectivity index (χ0n) is 14.5. The van der Waals surface area contributed by atoms with Crippen molar-refractivity contribution in [3.8, 4) is 0 Å². The number of hydrogen-bond donors (Lipinski definition) is 2. The molecule has 0 radical (unpaired) electrons. The van der Waals surface area contributed by atoms with E-state index in [9.17, 15) is 9.18 Å². The lowest BCUT2D eigenvalue weighted by Crippen LogP contribution is -2.32. The van der Waals surface area contributed by atoms with Gasteiger partial charge in [0.05, 0.1) is 23.6 Å². The Morgan fingerprint density at radius 1 is 1.44 bits per heavy atom. The Hall–Kier alpha value is -2.22. The lowest BCUT2D eigenvalue weighted by molar-refractivity contribution is 0.0940. The average Bonchev–Trinajstić information content (AvgIpc) is 3.12. The minimum absolute atomic E-state index is 0.326. The Morgan fingerprint density at radius 3 is 2.92 bits per heavy atom. The summed E-state index contributed by atoms with van der Waals surface area (Å²) in [5.41, 5.74) is 2.74. The first kappa shape index (κ1) is 16.3. The smallest absolute Gasteiger partial charge is 0.271 e. The van der Waals surface area contributed by atoms with Gasteiger partial charge in [0, 0.05) is 25.9 Å². The number of likely N-dealkylation sites (tertiary alicyclic amines) is 1. The molecule has 0 bridgehead atoms. The molecule has 3 heterocycles. The number of imidazole rings is 1. The van der Waals surface area contributed by atoms with Gasteiger partial charge in [-0.2, -0.15) is 5.10 Å². The standard InChI is InChI=1S/C17H23FN6O/c1-19-14-7-12(10-4-3-5-23(2)9-10)22-24-15(8-20-16(14)24)17(25)21-13-6-11(13)18/h7-8,10-11,13,19H,3-6,9H2,1-2H3,(H,21,25)/t10?,11-,13+/m0/s1. The van der Waals surface area contributed by atoms with Gasteiger partial charge in [-0.25, -0.2) is 13.9 Å². The predicted octanol–water partition coefficient (Wildman–Crippen LogP) is 1.42. The van der Waals surface area contributed by atoms with Crippen LogP contribution in [0.4, 0.5) is 10.1 Å². The van der Waals surface area contributed by atoms with Crippen LogP contribution in [0.1, 0.15) is 41.4 Å². The number of piperidine rings is 1. The number of nitrogens with zero attached hydrogens (tertiary/aromatic N) is 4. The zero-order valence-corrected chi connectivity index (χ0v) is 14.5. The first-order valence-corrected chi connectivity index (χ1v) is 8.76. The van der Waals surface area contributed by atoms with Crippen LogP contribution in [0.3, 0.4) is 0 Å². The molecule has 2 fully saturated rings. The number of likely N-dealkylation sites (N-methyl/N-ethyl adjacent to an activating group) is 1. The van der Waals surface area contributed by atoms with Gasteiger partial charge in [0.1, 0.15) is 6.17 Å². The van der Waals surface area contributed by atoms with Gasteiger partial charge in [-0.3, -0.25) is 4.79 Å². The van der Waals surface area contributed by atoms with E-state index < -0.39 is 6.17 Å². The van der Waals surface area contributed by atoms with E-state index in [0.717, 1.165) is 37.3 Å². The molecule has 134 valence electrons. The summed E-state index contributed by atoms with van der Waals surface area (Å²) in [6.45, 7) is 2.05. The third-order valence-corrected chi connectivity index (χ3v) is 5.06. The van der Waals surface area contributed by atoms with Crippen LogP contribution in [0.5, 0.6) is 0 Å². The van der Waals surface area contributed by atoms with Gasteiger partial charge >= 0.3 is 0 Å². The molecule has 1 saturated carbocycles. The number of amides is 1. The van der Waals surface area contributed by atoms with Crippen molar-refractivity contribution in [3.05, 3.63) is 23.7 Å². The molecule has 1 aliphatic carbocycles. The fraction of sp³-hybridized carbons (Fsp3) is 0.588. The fourth-order valence-electron chi connectivity index (χ4n) is 3.49. The summed E-state index contributed by atoms with van der Waals surface area (Å²) in [6, 6.07) is 1.64. The minimum atomic E-state index is -0.933. The minimum Gasteiger partial charge on any atom is -0.385 e. The summed E-state index contributed by atoms with van der Waals surface area (Å²) in [4.78, 5) is 19.1. The lowest BCUT2D eigenvalue weighted by atomic mass is 9.95. The van der Waals surface area contributed by atoms with Crippen LogP contribution >= 0.6 is 0 Å². The normalized spacial score (nSPS) is 26.6. The highest BCUT2D eigenvalue weighted by molar-refractivity contribution is 5.94. The van der Waals surface area contributed by atoms with Crippen molar-refractivity contribution in [3.63, 3.8) is 0 Å². The Balaban J connectivity index is 1.70. The number of aromatic nitrogens is 3. The quantitative estimate of drug-likeness (QED) is 0.876. The molecule has 7 nitrogen and oxygen atoms in total. The molecule has 25 heavy (non-hydrogen) atoms. The van der Waals surface area contributed by atoms with Gasteiger partial charge in [-0.15, -0.1) is 0 Å². The number of nitrogens with one attached hydrogen (secondary N) is 2. The molecule has 8 heteroatoms. The molecule has 1 unspecified atom stereocenters. The Kier molecular flexibility index (Phi) is 4.07. The third-order valence-electron chi connectivity index (χ3n) is 5.06. The summed E-state index contributed by atoms with van der Waals surface area (Å²) in [7, 11) is 3.95. The van der Waals surface area contributed by atoms with Crippen LogP contribution < -0.4 is 10.6 Å². The van der Waals surface area contributed by atoms with Gasteiger partial charge in [-0.1, -0.05) is 0 Å². The maximum absolute atomic E-state index is 13.1. The van der Waals surface area contributed by atoms with Gasteiger partial charge < -0.3 is 15.5 Å². The fourth-order valence-corrected chi connectivity index (χ4v) is 3.49. The molecule has 3 atom stereocenters. The summed E-state index contributed by atoms with van der Waals surface area (Å²) < 4.78 is 14.7. The highest BCUT2D eigenvalue weighted by atomic mass is 19.1. The molecule has 0 aromatic carbocycles. The molecule has 2 N–H and O–H groups in total. The number of hydrogen-bond acceptors (Lipinski definition) is 5. The van der Waals surface area contributed by atoms with E-state index in [4.69, 9.17) is 5.10 Å². The zero-order chi connectivity index (χ0) is 17.6. The molecular formula is C17H23FN6O. The topological polar surface area (TPSA) is 74.6 Å². The van der Waals surface area contributed by atoms with Gasteiger partial charge in [-0.05, 0) is 32.5 Å². The Labute approximate surface area is 145 Å². The maximum atomic E-state index is 13.1. The first-order valence-electron chi connectivity index (χ1n) is 8.76. The van der Waals surface area contributed by atoms with Crippen LogP contribution in [0.2, 0.25) is 0 Å². The van der Waals surface area contributed by atoms with Gasteiger partial charge in [0.25, 0.3) is 5.91 Å². The van der Waals surface area contributed by atoms with Crippen LogP contribution in [0.15, 0.2) is 12.3 Å². The molecule has 1 aliphatic heterocycles. The highest BCUT2D eigenvalue weighted by Crippen LogP contribution is 2.29. The summed E-state index contributed by atoms with van der Waals surface area (Å²) >= 11 is 0. The Bertz CT molecular complexity index is 806. The third kappa shape index (κ3) is 3.06. The summed E-state index contributed by atoms with van der Waals surface area (Å²) in [5, 5.41) is 10.5. The van der Waals surface area contributed by atoms with Crippen molar-refractivity contribution in [1.82, 2.24) is 24.8 Å². The largest absolute Gasteiger partial charge is 0.385 e. The van der Waals surface area contributed by atoms with E-state index in [1.54, 1.807) is 4.52 Å². The van der Waals surface area contributed by atoms with Crippen molar-refractivity contribution in [2.75, 3.05) is 32.5 Å². The molecule has 1 saturated heterocycles. The SMILES string of the molecule is CNc1cc(C2CCCN(C)C2)nn2c(C(=O)N[C@@H]3C[C@@H]3F)cnc12. The maximum Gasteiger partial charge on any atom is 0.271 e. The lowest BCUT2D eigenvalue weighted by Gasteiger charge is -2.29. The van der Waals surface area contributed by atoms with Crippen LogP contribution in [-0.2, 0) is 0 Å². The van der Waals surface area contributed by atoms with Crippen LogP contribution in [-0.4, -0.2) is 64.8 Å². The molecule has 4 rings (SSSR count). The number of anilines is 1. The molecule has 2 aromatic heterocycles. The number of alkyl halides is 1. The van der Waals surface area contributed by atoms with Crippen molar-refractivity contribution >= 4 is 17.2 Å². The second-order valence-electron chi connectivity index (χ2n) is 7.04. The monoisotopic (exact) mass is 346 g/mol. The number of fused-ring (bicyclic) bond motifs is 1. The number of carbonyl (C=O) groups is 1. The highest BCUT2D eigenvalue weighted by Gasteiger charge is 2.39. The van der Waals surface area contributed by atoms with E-state index in [-0.39, 0.29) is 11.9 Å². The van der Waals surface area contributed by atoms with E-state index in [1.165, 1.54) is 6.20 Å². The second kappa shape index (κ2) is 6.25. The van der Waals surface area contributed by atoms with Crippen molar-refractivity contribution in [2.24, 2.45) is 0 Å². The van der Waals surface area contributed by atoms with E-state index >= 15 is 0 Å². The summed E-state index contributed by atoms with van der Waals surface area (Å²) in [6.07, 6.45) is 3.17. The summed E-state index contributed by atoms with van der Waals surface area (Å²) in [5.74, 6) is -0.00247. The number of rotatable bonds is 4. The number of halogens is 1. The van der Waals surface area contributed by atoms with E-state index in [1.807, 2.05) is 13.1 Å². The predicted molar refractivity (Wildman–Crippen MR) is 92.8 cm³/mol. The molecular weight excluding hydrogens is 323 g/mol. The van der Waals surface area contributed by atoms with E-state index in [2.05, 4.69) is 27.6 Å². The molecule has 2 aliphatic rings. The van der Waals surface area contributed by atoms with Gasteiger partial charge in [0.15, 0.2) is 11.3 Å². The van der Waals surface area contributed by atoms with Gasteiger partial charge in [0.2, 0.25) is 0 Å². The molecule has 2 aromatic rings. The average molecular weight is 346 g/mol. The van der Waals surface area contributed by atoms with Crippen molar-refractivity contribution in [2.45, 2.75) is 37.4 Å². The van der Waals surface area contributed by atoms with Crippen molar-refractivity contribution < 1.29 is 9.18 Å². The second-order valence-corrected chi connectivity index (χ2v) is 7.04. The molecule has 1 amide bonds. The van der Waals surface area contributed by atoms with Crippen LogP contribution in [0.25, 0.3) is 5.65 Å². The first-order chi connectivity index (χ1) is 12.1. The molecule has 0 spiro atoms. The van der Waals surface area contributed by atoms with Crippen molar-refractivity contribution in [1.29, 1.82) is 0 Å². The Morgan fingerprint density at radius 2 is 2.24 bits per heavy atom.